The van der Waals surface area contributed by atoms with Crippen molar-refractivity contribution < 1.29 is 80.2 Å². The van der Waals surface area contributed by atoms with E-state index < -0.39 is 97.5 Å². The quantitative estimate of drug-likeness (QED) is 0.0222. The van der Waals surface area contributed by atoms with Crippen molar-refractivity contribution in [3.8, 4) is 0 Å². The molecule has 87 heavy (non-hydrogen) atoms. The van der Waals surface area contributed by atoms with Gasteiger partial charge in [0.25, 0.3) is 0 Å². The lowest BCUT2D eigenvalue weighted by Crippen LogP contribution is -2.30. The second kappa shape index (κ2) is 60.3. The van der Waals surface area contributed by atoms with Crippen molar-refractivity contribution in [3.63, 3.8) is 0 Å². The largest absolute Gasteiger partial charge is 0.472 e. The molecule has 0 radical (unpaired) electrons. The van der Waals surface area contributed by atoms with Crippen molar-refractivity contribution in [1.82, 2.24) is 0 Å². The van der Waals surface area contributed by atoms with Crippen LogP contribution in [0.25, 0.3) is 0 Å². The van der Waals surface area contributed by atoms with Crippen molar-refractivity contribution in [1.29, 1.82) is 0 Å². The first-order valence-corrected chi connectivity index (χ1v) is 38.5. The molecule has 0 heterocycles. The van der Waals surface area contributed by atoms with E-state index in [2.05, 4.69) is 41.5 Å². The first-order valence-electron chi connectivity index (χ1n) is 35.5. The summed E-state index contributed by atoms with van der Waals surface area (Å²) in [6, 6.07) is 0. The summed E-state index contributed by atoms with van der Waals surface area (Å²) in [6.45, 7) is 9.46. The van der Waals surface area contributed by atoms with Gasteiger partial charge in [0.15, 0.2) is 12.2 Å². The second-order valence-corrected chi connectivity index (χ2v) is 28.4. The van der Waals surface area contributed by atoms with Gasteiger partial charge in [0.2, 0.25) is 0 Å². The van der Waals surface area contributed by atoms with Gasteiger partial charge in [-0.05, 0) is 37.5 Å². The molecule has 0 aromatic heterocycles. The van der Waals surface area contributed by atoms with E-state index in [1.807, 2.05) is 0 Å². The van der Waals surface area contributed by atoms with Gasteiger partial charge in [-0.25, -0.2) is 9.13 Å². The number of rotatable bonds is 67. The highest BCUT2D eigenvalue weighted by Crippen LogP contribution is 2.45. The molecule has 0 aromatic carbocycles. The van der Waals surface area contributed by atoms with Crippen molar-refractivity contribution in [2.75, 3.05) is 39.6 Å². The summed E-state index contributed by atoms with van der Waals surface area (Å²) in [5.41, 5.74) is 0. The Kier molecular flexibility index (Phi) is 59.0. The van der Waals surface area contributed by atoms with Crippen LogP contribution in [-0.2, 0) is 65.4 Å². The normalized spacial score (nSPS) is 14.2. The molecule has 0 saturated carbocycles. The smallest absolute Gasteiger partial charge is 0.462 e. The Labute approximate surface area is 530 Å². The summed E-state index contributed by atoms with van der Waals surface area (Å²) < 4.78 is 68.1. The van der Waals surface area contributed by atoms with Crippen LogP contribution >= 0.6 is 15.6 Å². The van der Waals surface area contributed by atoms with Crippen LogP contribution in [0.4, 0.5) is 0 Å². The van der Waals surface area contributed by atoms with Gasteiger partial charge >= 0.3 is 39.5 Å². The Morgan fingerprint density at radius 2 is 0.529 bits per heavy atom. The lowest BCUT2D eigenvalue weighted by Gasteiger charge is -2.21. The molecule has 0 rings (SSSR count). The van der Waals surface area contributed by atoms with E-state index in [1.54, 1.807) is 0 Å². The van der Waals surface area contributed by atoms with E-state index in [9.17, 15) is 43.2 Å². The molecule has 19 heteroatoms. The highest BCUT2D eigenvalue weighted by molar-refractivity contribution is 7.47. The second-order valence-electron chi connectivity index (χ2n) is 25.5. The number of carbonyl (C=O) groups is 4. The van der Waals surface area contributed by atoms with E-state index >= 15 is 0 Å². The van der Waals surface area contributed by atoms with Gasteiger partial charge in [-0.2, -0.15) is 0 Å². The number of unbranched alkanes of at least 4 members (excludes halogenated alkanes) is 37. The Morgan fingerprint density at radius 1 is 0.310 bits per heavy atom. The van der Waals surface area contributed by atoms with Gasteiger partial charge in [0.1, 0.15) is 19.3 Å². The Balaban J connectivity index is 5.22. The monoisotopic (exact) mass is 1280 g/mol. The molecule has 2 unspecified atom stereocenters. The van der Waals surface area contributed by atoms with Crippen LogP contribution < -0.4 is 0 Å². The molecule has 0 aromatic rings. The number of phosphoric ester groups is 2. The Morgan fingerprint density at radius 3 is 0.782 bits per heavy atom. The number of esters is 4. The number of ether oxygens (including phenoxy) is 4. The molecule has 5 atom stereocenters. The first-order chi connectivity index (χ1) is 41.9. The molecule has 0 saturated heterocycles. The molecule has 0 aliphatic heterocycles. The van der Waals surface area contributed by atoms with E-state index in [-0.39, 0.29) is 25.7 Å². The van der Waals surface area contributed by atoms with Crippen LogP contribution in [-0.4, -0.2) is 96.7 Å². The standard InChI is InChI=1S/C68H132O17P2/c1-7-9-11-13-15-17-18-20-24-27-33-39-45-51-66(71)79-57-63(84-67(72)52-46-40-34-28-25-22-19-21-23-26-30-36-42-48-60(3)4)58-82-86(74,75)80-54-62(69)55-81-87(76,77)83-59-64(56-78-65(70)50-44-38-32-16-14-12-10-8-2)85-68(73)53-47-41-35-29-31-37-43-49-61(5)6/h60-64,69H,7-59H2,1-6H3,(H,74,75)(H,76,77)/t62-,63-,64-/m1/s1. The molecule has 0 fully saturated rings. The number of aliphatic hydroxyl groups excluding tert-OH is 1. The summed E-state index contributed by atoms with van der Waals surface area (Å²) in [4.78, 5) is 72.3. The van der Waals surface area contributed by atoms with Gasteiger partial charge in [0, 0.05) is 25.7 Å². The molecular weight excluding hydrogens is 1150 g/mol. The molecule has 0 amide bonds. The minimum Gasteiger partial charge on any atom is -0.462 e. The maximum Gasteiger partial charge on any atom is 0.472 e. The summed E-state index contributed by atoms with van der Waals surface area (Å²) in [5, 5.41) is 10.6. The number of hydrogen-bond donors (Lipinski definition) is 3. The Hall–Kier alpha value is -1.94. The zero-order valence-corrected chi connectivity index (χ0v) is 58.1. The van der Waals surface area contributed by atoms with E-state index in [1.165, 1.54) is 154 Å². The number of hydrogen-bond acceptors (Lipinski definition) is 15. The van der Waals surface area contributed by atoms with Crippen molar-refractivity contribution in [2.24, 2.45) is 11.8 Å². The maximum absolute atomic E-state index is 13.0. The van der Waals surface area contributed by atoms with Crippen LogP contribution in [0.3, 0.4) is 0 Å². The summed E-state index contributed by atoms with van der Waals surface area (Å²) >= 11 is 0. The van der Waals surface area contributed by atoms with Crippen LogP contribution in [0.2, 0.25) is 0 Å². The van der Waals surface area contributed by atoms with E-state index in [0.29, 0.717) is 31.6 Å². The minimum atomic E-state index is -4.95. The molecule has 0 aliphatic carbocycles. The maximum atomic E-state index is 13.0. The third-order valence-electron chi connectivity index (χ3n) is 15.7. The average Bonchev–Trinajstić information content (AvgIpc) is 3.61. The minimum absolute atomic E-state index is 0.103. The molecule has 17 nitrogen and oxygen atoms in total. The van der Waals surface area contributed by atoms with Crippen LogP contribution in [0.15, 0.2) is 0 Å². The summed E-state index contributed by atoms with van der Waals surface area (Å²) in [6.07, 6.45) is 44.5. The van der Waals surface area contributed by atoms with Crippen molar-refractivity contribution in [2.45, 2.75) is 362 Å². The predicted molar refractivity (Wildman–Crippen MR) is 349 cm³/mol. The lowest BCUT2D eigenvalue weighted by molar-refractivity contribution is -0.161. The van der Waals surface area contributed by atoms with Crippen molar-refractivity contribution in [3.05, 3.63) is 0 Å². The van der Waals surface area contributed by atoms with E-state index in [4.69, 9.17) is 37.0 Å². The molecule has 3 N–H and O–H groups in total. The third kappa shape index (κ3) is 62.6. The molecule has 0 spiro atoms. The fourth-order valence-electron chi connectivity index (χ4n) is 10.2. The Bertz CT molecular complexity index is 1700. The highest BCUT2D eigenvalue weighted by atomic mass is 31.2. The van der Waals surface area contributed by atoms with Gasteiger partial charge in [0.05, 0.1) is 26.4 Å². The van der Waals surface area contributed by atoms with Gasteiger partial charge in [-0.15, -0.1) is 0 Å². The highest BCUT2D eigenvalue weighted by Gasteiger charge is 2.30. The van der Waals surface area contributed by atoms with Crippen LogP contribution in [0, 0.1) is 11.8 Å². The molecular formula is C68H132O17P2. The van der Waals surface area contributed by atoms with Crippen LogP contribution in [0.5, 0.6) is 0 Å². The fourth-order valence-corrected chi connectivity index (χ4v) is 11.8. The van der Waals surface area contributed by atoms with Gasteiger partial charge in [-0.3, -0.25) is 37.3 Å². The number of carbonyl (C=O) groups excluding carboxylic acids is 4. The topological polar surface area (TPSA) is 237 Å². The number of aliphatic hydroxyl groups is 1. The SMILES string of the molecule is CCCCCCCCCCCCCCCC(=O)OC[C@H](COP(=O)(O)OC[C@@H](O)COP(=O)(O)OC[C@@H](COC(=O)CCCCCCCCCC)OC(=O)CCCCCCCCCC(C)C)OC(=O)CCCCCCCCCCCCCCCC(C)C. The fraction of sp³-hybridized carbons (Fsp3) is 0.941. The molecule has 0 aliphatic rings. The summed E-state index contributed by atoms with van der Waals surface area (Å²) in [5.74, 6) is -0.648. The zero-order valence-electron chi connectivity index (χ0n) is 56.3. The van der Waals surface area contributed by atoms with Gasteiger partial charge < -0.3 is 33.8 Å². The van der Waals surface area contributed by atoms with Crippen molar-refractivity contribution >= 4 is 39.5 Å². The lowest BCUT2D eigenvalue weighted by atomic mass is 10.0. The van der Waals surface area contributed by atoms with E-state index in [0.717, 1.165) is 102 Å². The molecule has 0 bridgehead atoms. The third-order valence-corrected chi connectivity index (χ3v) is 17.6. The average molecular weight is 1280 g/mol. The predicted octanol–water partition coefficient (Wildman–Crippen LogP) is 19.2. The summed E-state index contributed by atoms with van der Waals surface area (Å²) in [7, 11) is -9.89. The first kappa shape index (κ1) is 85.1. The zero-order chi connectivity index (χ0) is 64.3. The number of phosphoric acid groups is 2. The van der Waals surface area contributed by atoms with Crippen LogP contribution in [0.1, 0.15) is 343 Å². The molecule has 516 valence electrons. The van der Waals surface area contributed by atoms with Gasteiger partial charge in [-0.1, -0.05) is 292 Å².